The second-order valence-corrected chi connectivity index (χ2v) is 7.29. The molecule has 2 heteroatoms. The zero-order chi connectivity index (χ0) is 16.0. The third kappa shape index (κ3) is 2.18. The highest BCUT2D eigenvalue weighted by Crippen LogP contribution is 2.44. The SMILES string of the molecule is Cc1ccc(N2CN(c3ccccc3)C(C)(C)C2(C)C)cc1. The second kappa shape index (κ2) is 5.05. The van der Waals surface area contributed by atoms with Gasteiger partial charge in [-0.15, -0.1) is 0 Å². The van der Waals surface area contributed by atoms with Crippen LogP contribution in [0, 0.1) is 6.92 Å². The fraction of sp³-hybridized carbons (Fsp3) is 0.400. The molecule has 0 aliphatic carbocycles. The van der Waals surface area contributed by atoms with Gasteiger partial charge in [-0.3, -0.25) is 0 Å². The van der Waals surface area contributed by atoms with E-state index in [1.165, 1.54) is 16.9 Å². The van der Waals surface area contributed by atoms with Crippen LogP contribution in [-0.2, 0) is 0 Å². The Morgan fingerprint density at radius 3 is 1.64 bits per heavy atom. The van der Waals surface area contributed by atoms with Crippen LogP contribution in [0.15, 0.2) is 54.6 Å². The van der Waals surface area contributed by atoms with Crippen molar-refractivity contribution in [2.24, 2.45) is 0 Å². The van der Waals surface area contributed by atoms with Crippen LogP contribution in [0.5, 0.6) is 0 Å². The fourth-order valence-corrected chi connectivity index (χ4v) is 3.30. The summed E-state index contributed by atoms with van der Waals surface area (Å²) in [5.41, 5.74) is 3.97. The van der Waals surface area contributed by atoms with Gasteiger partial charge in [0.1, 0.15) is 0 Å². The van der Waals surface area contributed by atoms with Crippen LogP contribution >= 0.6 is 0 Å². The lowest BCUT2D eigenvalue weighted by molar-refractivity contribution is 0.345. The predicted octanol–water partition coefficient (Wildman–Crippen LogP) is 4.84. The molecule has 22 heavy (non-hydrogen) atoms. The Kier molecular flexibility index (Phi) is 3.43. The van der Waals surface area contributed by atoms with Gasteiger partial charge in [0, 0.05) is 11.4 Å². The number of anilines is 2. The number of aryl methyl sites for hydroxylation is 1. The van der Waals surface area contributed by atoms with Gasteiger partial charge in [0.15, 0.2) is 0 Å². The molecule has 0 atom stereocenters. The molecule has 0 saturated carbocycles. The Labute approximate surface area is 134 Å². The number of para-hydroxylation sites is 1. The lowest BCUT2D eigenvalue weighted by Gasteiger charge is -2.43. The van der Waals surface area contributed by atoms with Crippen LogP contribution in [0.3, 0.4) is 0 Å². The van der Waals surface area contributed by atoms with Crippen molar-refractivity contribution in [1.29, 1.82) is 0 Å². The third-order valence-electron chi connectivity index (χ3n) is 5.54. The first-order chi connectivity index (χ1) is 10.3. The highest BCUT2D eigenvalue weighted by atomic mass is 15.5. The normalized spacial score (nSPS) is 19.5. The molecule has 0 N–H and O–H groups in total. The largest absolute Gasteiger partial charge is 0.346 e. The number of rotatable bonds is 2. The standard InChI is InChI=1S/C20H26N2/c1-16-11-13-18(14-12-16)22-15-21(17-9-7-6-8-10-17)19(2,3)20(22,4)5/h6-14H,15H2,1-5H3. The van der Waals surface area contributed by atoms with E-state index >= 15 is 0 Å². The van der Waals surface area contributed by atoms with Crippen LogP contribution < -0.4 is 9.80 Å². The highest BCUT2D eigenvalue weighted by Gasteiger charge is 2.52. The topological polar surface area (TPSA) is 6.48 Å². The summed E-state index contributed by atoms with van der Waals surface area (Å²) in [7, 11) is 0. The molecule has 1 heterocycles. The first-order valence-corrected chi connectivity index (χ1v) is 8.01. The van der Waals surface area contributed by atoms with Crippen LogP contribution in [0.1, 0.15) is 33.3 Å². The fourth-order valence-electron chi connectivity index (χ4n) is 3.30. The first kappa shape index (κ1) is 15.0. The van der Waals surface area contributed by atoms with Crippen molar-refractivity contribution < 1.29 is 0 Å². The van der Waals surface area contributed by atoms with E-state index < -0.39 is 0 Å². The first-order valence-electron chi connectivity index (χ1n) is 8.01. The summed E-state index contributed by atoms with van der Waals surface area (Å²) in [6, 6.07) is 19.6. The van der Waals surface area contributed by atoms with Gasteiger partial charge in [-0.05, 0) is 58.9 Å². The van der Waals surface area contributed by atoms with Crippen LogP contribution in [0.4, 0.5) is 11.4 Å². The summed E-state index contributed by atoms with van der Waals surface area (Å²) in [6.45, 7) is 12.4. The van der Waals surface area contributed by atoms with Gasteiger partial charge in [-0.25, -0.2) is 0 Å². The maximum atomic E-state index is 2.51. The summed E-state index contributed by atoms with van der Waals surface area (Å²) in [5.74, 6) is 0. The van der Waals surface area contributed by atoms with Crippen molar-refractivity contribution >= 4 is 11.4 Å². The van der Waals surface area contributed by atoms with Crippen LogP contribution in [-0.4, -0.2) is 17.7 Å². The lowest BCUT2D eigenvalue weighted by Crippen LogP contribution is -2.54. The van der Waals surface area contributed by atoms with Crippen LogP contribution in [0.2, 0.25) is 0 Å². The van der Waals surface area contributed by atoms with Crippen molar-refractivity contribution in [2.75, 3.05) is 16.5 Å². The summed E-state index contributed by atoms with van der Waals surface area (Å²) < 4.78 is 0. The van der Waals surface area contributed by atoms with Crippen molar-refractivity contribution in [3.05, 3.63) is 60.2 Å². The molecule has 2 aromatic carbocycles. The average molecular weight is 294 g/mol. The summed E-state index contributed by atoms with van der Waals surface area (Å²) in [5, 5.41) is 0. The molecule has 0 radical (unpaired) electrons. The maximum absolute atomic E-state index is 2.51. The molecule has 2 nitrogen and oxygen atoms in total. The molecule has 2 aromatic rings. The Morgan fingerprint density at radius 1 is 0.682 bits per heavy atom. The molecule has 0 amide bonds. The summed E-state index contributed by atoms with van der Waals surface area (Å²) in [4.78, 5) is 5.02. The second-order valence-electron chi connectivity index (χ2n) is 7.29. The Balaban J connectivity index is 2.02. The van der Waals surface area contributed by atoms with Gasteiger partial charge in [-0.1, -0.05) is 35.9 Å². The third-order valence-corrected chi connectivity index (χ3v) is 5.54. The highest BCUT2D eigenvalue weighted by molar-refractivity contribution is 5.61. The Morgan fingerprint density at radius 2 is 1.14 bits per heavy atom. The van der Waals surface area contributed by atoms with E-state index in [0.29, 0.717) is 0 Å². The molecule has 0 unspecified atom stereocenters. The van der Waals surface area contributed by atoms with Crippen molar-refractivity contribution in [2.45, 2.75) is 45.7 Å². The number of benzene rings is 2. The molecule has 1 fully saturated rings. The van der Waals surface area contributed by atoms with Gasteiger partial charge in [0.2, 0.25) is 0 Å². The zero-order valence-corrected chi connectivity index (χ0v) is 14.3. The van der Waals surface area contributed by atoms with Crippen LogP contribution in [0.25, 0.3) is 0 Å². The minimum absolute atomic E-state index is 0.0398. The van der Waals surface area contributed by atoms with E-state index in [1.54, 1.807) is 0 Å². The van der Waals surface area contributed by atoms with E-state index in [1.807, 2.05) is 0 Å². The molecule has 0 spiro atoms. The number of hydrogen-bond donors (Lipinski definition) is 0. The van der Waals surface area contributed by atoms with Gasteiger partial charge in [0.25, 0.3) is 0 Å². The minimum Gasteiger partial charge on any atom is -0.346 e. The van der Waals surface area contributed by atoms with Crippen molar-refractivity contribution in [3.63, 3.8) is 0 Å². The van der Waals surface area contributed by atoms with Gasteiger partial charge >= 0.3 is 0 Å². The van der Waals surface area contributed by atoms with E-state index in [0.717, 1.165) is 6.67 Å². The lowest BCUT2D eigenvalue weighted by atomic mass is 9.82. The molecule has 1 aliphatic rings. The predicted molar refractivity (Wildman–Crippen MR) is 95.6 cm³/mol. The Hall–Kier alpha value is -1.96. The summed E-state index contributed by atoms with van der Waals surface area (Å²) >= 11 is 0. The minimum atomic E-state index is 0.0398. The number of hydrogen-bond acceptors (Lipinski definition) is 2. The van der Waals surface area contributed by atoms with E-state index in [-0.39, 0.29) is 11.1 Å². The smallest absolute Gasteiger partial charge is 0.0915 e. The van der Waals surface area contributed by atoms with Crippen molar-refractivity contribution in [3.8, 4) is 0 Å². The molecule has 1 aliphatic heterocycles. The Bertz CT molecular complexity index is 641. The van der Waals surface area contributed by atoms with E-state index in [9.17, 15) is 0 Å². The molecule has 1 saturated heterocycles. The quantitative estimate of drug-likeness (QED) is 0.782. The number of nitrogens with zero attached hydrogens (tertiary/aromatic N) is 2. The maximum Gasteiger partial charge on any atom is 0.0915 e. The van der Waals surface area contributed by atoms with Gasteiger partial charge in [0.05, 0.1) is 17.7 Å². The average Bonchev–Trinajstić information content (AvgIpc) is 2.68. The van der Waals surface area contributed by atoms with E-state index in [4.69, 9.17) is 0 Å². The molecular formula is C20H26N2. The van der Waals surface area contributed by atoms with Gasteiger partial charge < -0.3 is 9.80 Å². The summed E-state index contributed by atoms with van der Waals surface area (Å²) in [6.07, 6.45) is 0. The molecular weight excluding hydrogens is 268 g/mol. The van der Waals surface area contributed by atoms with Gasteiger partial charge in [-0.2, -0.15) is 0 Å². The molecule has 0 aromatic heterocycles. The molecule has 116 valence electrons. The monoisotopic (exact) mass is 294 g/mol. The van der Waals surface area contributed by atoms with Crippen molar-refractivity contribution in [1.82, 2.24) is 0 Å². The van der Waals surface area contributed by atoms with E-state index in [2.05, 4.69) is 99.0 Å². The molecule has 3 rings (SSSR count). The molecule has 0 bridgehead atoms. The zero-order valence-electron chi connectivity index (χ0n) is 14.3.